The Labute approximate surface area is 245 Å². The Morgan fingerprint density at radius 1 is 0.976 bits per heavy atom. The number of hydrogen-bond acceptors (Lipinski definition) is 8. The van der Waals surface area contributed by atoms with Crippen molar-refractivity contribution in [2.45, 2.75) is 25.0 Å². The van der Waals surface area contributed by atoms with E-state index in [-0.39, 0.29) is 24.0 Å². The summed E-state index contributed by atoms with van der Waals surface area (Å²) in [4.78, 5) is 11.5. The van der Waals surface area contributed by atoms with Gasteiger partial charge < -0.3 is 23.7 Å². The van der Waals surface area contributed by atoms with Gasteiger partial charge in [-0.2, -0.15) is 0 Å². The molecule has 2 aliphatic heterocycles. The lowest BCUT2D eigenvalue weighted by Gasteiger charge is -2.41. The molecular formula is C31H33ClO8S. The van der Waals surface area contributed by atoms with Gasteiger partial charge in [0.1, 0.15) is 40.2 Å². The highest BCUT2D eigenvalue weighted by atomic mass is 35.5. The predicted octanol–water partition coefficient (Wildman–Crippen LogP) is 5.20. The van der Waals surface area contributed by atoms with Gasteiger partial charge in [0.2, 0.25) is 0 Å². The second-order valence-electron chi connectivity index (χ2n) is 10.4. The van der Waals surface area contributed by atoms with Crippen LogP contribution in [0.15, 0.2) is 66.7 Å². The number of ether oxygens (including phenoxy) is 5. The highest BCUT2D eigenvalue weighted by Crippen LogP contribution is 2.35. The predicted molar refractivity (Wildman–Crippen MR) is 155 cm³/mol. The monoisotopic (exact) mass is 600 g/mol. The molecule has 2 heterocycles. The van der Waals surface area contributed by atoms with Gasteiger partial charge in [0, 0.05) is 5.56 Å². The van der Waals surface area contributed by atoms with E-state index in [1.165, 1.54) is 7.11 Å². The van der Waals surface area contributed by atoms with Crippen molar-refractivity contribution in [2.24, 2.45) is 5.92 Å². The number of hydrogen-bond donors (Lipinski definition) is 0. The molecule has 218 valence electrons. The number of carbonyl (C=O) groups is 1. The van der Waals surface area contributed by atoms with E-state index in [0.717, 1.165) is 22.3 Å². The fourth-order valence-corrected chi connectivity index (χ4v) is 6.73. The SMILES string of the molecule is COC(=O)COC1(c2ccc(OCc3cccc(-c4ccc(OCC5CCS(=O)(=O)CC5)cc4Cl)c3)cc2)COC1. The third kappa shape index (κ3) is 7.40. The molecule has 3 aromatic carbocycles. The number of benzene rings is 3. The lowest BCUT2D eigenvalue weighted by atomic mass is 9.91. The minimum absolute atomic E-state index is 0.136. The lowest BCUT2D eigenvalue weighted by Crippen LogP contribution is -2.49. The Morgan fingerprint density at radius 3 is 2.37 bits per heavy atom. The van der Waals surface area contributed by atoms with Crippen LogP contribution in [0.5, 0.6) is 11.5 Å². The summed E-state index contributed by atoms with van der Waals surface area (Å²) in [6.07, 6.45) is 1.27. The highest BCUT2D eigenvalue weighted by Gasteiger charge is 2.42. The average Bonchev–Trinajstić information content (AvgIpc) is 2.95. The van der Waals surface area contributed by atoms with Crippen molar-refractivity contribution in [2.75, 3.05) is 45.0 Å². The van der Waals surface area contributed by atoms with Gasteiger partial charge in [-0.25, -0.2) is 13.2 Å². The van der Waals surface area contributed by atoms with Gasteiger partial charge in [0.15, 0.2) is 0 Å². The normalized spacial score (nSPS) is 17.8. The minimum Gasteiger partial charge on any atom is -0.493 e. The summed E-state index contributed by atoms with van der Waals surface area (Å²) >= 11 is 6.63. The number of methoxy groups -OCH3 is 1. The summed E-state index contributed by atoms with van der Waals surface area (Å²) in [5.41, 5.74) is 3.09. The van der Waals surface area contributed by atoms with Crippen molar-refractivity contribution >= 4 is 27.4 Å². The maximum absolute atomic E-state index is 11.6. The molecule has 0 saturated carbocycles. The van der Waals surface area contributed by atoms with Crippen LogP contribution in [-0.4, -0.2) is 59.4 Å². The van der Waals surface area contributed by atoms with E-state index in [1.807, 2.05) is 60.7 Å². The lowest BCUT2D eigenvalue weighted by molar-refractivity contribution is -0.220. The zero-order chi connectivity index (χ0) is 28.9. The van der Waals surface area contributed by atoms with Crippen LogP contribution in [0.3, 0.4) is 0 Å². The van der Waals surface area contributed by atoms with Gasteiger partial charge in [-0.1, -0.05) is 41.9 Å². The summed E-state index contributed by atoms with van der Waals surface area (Å²) in [6.45, 7) is 1.46. The van der Waals surface area contributed by atoms with Gasteiger partial charge in [0.05, 0.1) is 43.5 Å². The Balaban J connectivity index is 1.17. The van der Waals surface area contributed by atoms with Crippen LogP contribution in [0.2, 0.25) is 5.02 Å². The molecule has 0 unspecified atom stereocenters. The van der Waals surface area contributed by atoms with E-state index >= 15 is 0 Å². The maximum atomic E-state index is 11.6. The quantitative estimate of drug-likeness (QED) is 0.277. The Hall–Kier alpha value is -3.11. The first-order valence-electron chi connectivity index (χ1n) is 13.5. The van der Waals surface area contributed by atoms with E-state index in [1.54, 1.807) is 6.07 Å². The van der Waals surface area contributed by atoms with Gasteiger partial charge in [-0.3, -0.25) is 0 Å². The summed E-state index contributed by atoms with van der Waals surface area (Å²) in [5, 5.41) is 0.575. The van der Waals surface area contributed by atoms with E-state index in [9.17, 15) is 13.2 Å². The van der Waals surface area contributed by atoms with Crippen LogP contribution in [0, 0.1) is 5.92 Å². The zero-order valence-corrected chi connectivity index (χ0v) is 24.4. The van der Waals surface area contributed by atoms with Crippen molar-refractivity contribution in [1.29, 1.82) is 0 Å². The number of carbonyl (C=O) groups excluding carboxylic acids is 1. The summed E-state index contributed by atoms with van der Waals surface area (Å²) in [7, 11) is -1.55. The van der Waals surface area contributed by atoms with Crippen LogP contribution in [-0.2, 0) is 41.1 Å². The molecule has 3 aromatic rings. The molecular weight excluding hydrogens is 568 g/mol. The van der Waals surface area contributed by atoms with Crippen molar-refractivity contribution in [3.8, 4) is 22.6 Å². The number of sulfone groups is 1. The standard InChI is InChI=1S/C31H33ClO8S/c1-36-30(33)19-40-31(20-37-21-31)25-5-7-26(8-6-25)38-18-23-3-2-4-24(15-23)28-10-9-27(16-29(28)32)39-17-22-11-13-41(34,35)14-12-22/h2-10,15-16,22H,11-14,17-21H2,1H3. The molecule has 0 spiro atoms. The fourth-order valence-electron chi connectivity index (χ4n) is 4.87. The van der Waals surface area contributed by atoms with Crippen LogP contribution in [0.25, 0.3) is 11.1 Å². The Morgan fingerprint density at radius 2 is 1.71 bits per heavy atom. The van der Waals surface area contributed by atoms with E-state index in [4.69, 9.17) is 30.5 Å². The molecule has 0 aliphatic carbocycles. The minimum atomic E-state index is -2.88. The number of rotatable bonds is 11. The molecule has 0 radical (unpaired) electrons. The molecule has 41 heavy (non-hydrogen) atoms. The number of halogens is 1. The molecule has 0 N–H and O–H groups in total. The Bertz CT molecular complexity index is 1450. The van der Waals surface area contributed by atoms with Crippen molar-refractivity contribution < 1.29 is 36.9 Å². The second kappa shape index (κ2) is 12.8. The first-order valence-corrected chi connectivity index (χ1v) is 15.7. The maximum Gasteiger partial charge on any atom is 0.331 e. The van der Waals surface area contributed by atoms with E-state index in [2.05, 4.69) is 4.74 Å². The topological polar surface area (TPSA) is 97.4 Å². The fraction of sp³-hybridized carbons (Fsp3) is 0.387. The third-order valence-corrected chi connectivity index (χ3v) is 9.52. The first kappa shape index (κ1) is 29.4. The molecule has 0 atom stereocenters. The summed E-state index contributed by atoms with van der Waals surface area (Å²) in [6, 6.07) is 21.2. The summed E-state index contributed by atoms with van der Waals surface area (Å²) in [5.74, 6) is 1.64. The van der Waals surface area contributed by atoms with Gasteiger partial charge in [-0.05, 0) is 71.8 Å². The molecule has 8 nitrogen and oxygen atoms in total. The van der Waals surface area contributed by atoms with Crippen LogP contribution < -0.4 is 9.47 Å². The second-order valence-corrected chi connectivity index (χ2v) is 13.1. The molecule has 2 aliphatic rings. The molecule has 2 fully saturated rings. The molecule has 2 saturated heterocycles. The van der Waals surface area contributed by atoms with Crippen molar-refractivity contribution in [3.05, 3.63) is 82.9 Å². The van der Waals surface area contributed by atoms with Crippen molar-refractivity contribution in [1.82, 2.24) is 0 Å². The van der Waals surface area contributed by atoms with Crippen LogP contribution in [0.4, 0.5) is 0 Å². The van der Waals surface area contributed by atoms with Crippen LogP contribution >= 0.6 is 11.6 Å². The zero-order valence-electron chi connectivity index (χ0n) is 22.8. The van der Waals surface area contributed by atoms with Crippen LogP contribution in [0.1, 0.15) is 24.0 Å². The Kier molecular flexibility index (Phi) is 9.19. The molecule has 10 heteroatoms. The van der Waals surface area contributed by atoms with Gasteiger partial charge in [0.25, 0.3) is 0 Å². The summed E-state index contributed by atoms with van der Waals surface area (Å²) < 4.78 is 51.1. The largest absolute Gasteiger partial charge is 0.493 e. The molecule has 0 amide bonds. The van der Waals surface area contributed by atoms with E-state index in [0.29, 0.717) is 55.8 Å². The van der Waals surface area contributed by atoms with E-state index < -0.39 is 21.4 Å². The smallest absolute Gasteiger partial charge is 0.331 e. The average molecular weight is 601 g/mol. The third-order valence-electron chi connectivity index (χ3n) is 7.49. The van der Waals surface area contributed by atoms with Gasteiger partial charge >= 0.3 is 5.97 Å². The molecule has 5 rings (SSSR count). The number of esters is 1. The van der Waals surface area contributed by atoms with Gasteiger partial charge in [-0.15, -0.1) is 0 Å². The first-order chi connectivity index (χ1) is 19.7. The molecule has 0 bridgehead atoms. The van der Waals surface area contributed by atoms with Crippen molar-refractivity contribution in [3.63, 3.8) is 0 Å². The molecule has 0 aromatic heterocycles. The highest BCUT2D eigenvalue weighted by molar-refractivity contribution is 7.91.